The van der Waals surface area contributed by atoms with E-state index in [1.807, 2.05) is 0 Å². The van der Waals surface area contributed by atoms with Gasteiger partial charge in [-0.25, -0.2) is 0 Å². The third-order valence-electron chi connectivity index (χ3n) is 10.9. The minimum absolute atomic E-state index is 0.0941. The van der Waals surface area contributed by atoms with Gasteiger partial charge in [-0.15, -0.1) is 0 Å². The van der Waals surface area contributed by atoms with Crippen molar-refractivity contribution in [3.8, 4) is 0 Å². The molecule has 4 aromatic rings. The molecule has 9 rings (SSSR count). The zero-order valence-electron chi connectivity index (χ0n) is 23.1. The maximum atomic E-state index is 11.6. The summed E-state index contributed by atoms with van der Waals surface area (Å²) in [7, 11) is 0. The molecule has 6 nitrogen and oxygen atoms in total. The lowest BCUT2D eigenvalue weighted by Crippen LogP contribution is -2.52. The van der Waals surface area contributed by atoms with Crippen LogP contribution in [0.1, 0.15) is 62.5 Å². The van der Waals surface area contributed by atoms with Crippen LogP contribution in [0, 0.1) is 0 Å². The first kappa shape index (κ1) is 23.2. The maximum Gasteiger partial charge on any atom is 0.107 e. The first-order valence-corrected chi connectivity index (χ1v) is 15.0. The average molecular weight is 533 g/mol. The van der Waals surface area contributed by atoms with Gasteiger partial charge >= 0.3 is 0 Å². The Bertz CT molecular complexity index is 1600. The highest BCUT2D eigenvalue weighted by molar-refractivity contribution is 6.07. The molecule has 0 aromatic heterocycles. The SMILES string of the molecule is CC12CCCN1c1cccc3cc(C4C(O)C(c5cc6c7c(cccc7c5)N5CCCC5(C)N6)C4O)cc(c13)N2. The average Bonchev–Trinajstić information content (AvgIpc) is 3.51. The highest BCUT2D eigenvalue weighted by atomic mass is 16.3. The monoisotopic (exact) mass is 532 g/mol. The van der Waals surface area contributed by atoms with Gasteiger partial charge in [0, 0.05) is 58.4 Å². The lowest BCUT2D eigenvalue weighted by Gasteiger charge is -2.48. The van der Waals surface area contributed by atoms with Crippen molar-refractivity contribution >= 4 is 44.3 Å². The van der Waals surface area contributed by atoms with Gasteiger partial charge < -0.3 is 30.6 Å². The van der Waals surface area contributed by atoms with E-state index in [0.717, 1.165) is 59.2 Å². The van der Waals surface area contributed by atoms with Crippen molar-refractivity contribution in [2.75, 3.05) is 33.5 Å². The van der Waals surface area contributed by atoms with Gasteiger partial charge in [-0.3, -0.25) is 0 Å². The lowest BCUT2D eigenvalue weighted by molar-refractivity contribution is -0.0784. The van der Waals surface area contributed by atoms with E-state index in [4.69, 9.17) is 0 Å². The minimum Gasteiger partial charge on any atom is -0.392 e. The molecule has 2 atom stereocenters. The molecule has 4 aromatic carbocycles. The van der Waals surface area contributed by atoms with Crippen LogP contribution in [0.4, 0.5) is 22.7 Å². The van der Waals surface area contributed by atoms with Crippen LogP contribution in [0.15, 0.2) is 60.7 Å². The number of anilines is 4. The van der Waals surface area contributed by atoms with E-state index in [0.29, 0.717) is 0 Å². The highest BCUT2D eigenvalue weighted by Gasteiger charge is 2.51. The maximum absolute atomic E-state index is 11.6. The Labute approximate surface area is 234 Å². The number of benzene rings is 4. The molecule has 1 saturated carbocycles. The molecular weight excluding hydrogens is 496 g/mol. The molecule has 4 heterocycles. The zero-order valence-corrected chi connectivity index (χ0v) is 23.1. The highest BCUT2D eigenvalue weighted by Crippen LogP contribution is 2.54. The van der Waals surface area contributed by atoms with Crippen molar-refractivity contribution in [1.82, 2.24) is 0 Å². The molecule has 0 bridgehead atoms. The van der Waals surface area contributed by atoms with E-state index in [2.05, 4.69) is 94.9 Å². The van der Waals surface area contributed by atoms with E-state index >= 15 is 0 Å². The Morgan fingerprint density at radius 1 is 0.675 bits per heavy atom. The molecule has 2 unspecified atom stereocenters. The predicted molar refractivity (Wildman–Crippen MR) is 163 cm³/mol. The summed E-state index contributed by atoms with van der Waals surface area (Å²) >= 11 is 0. The second-order valence-electron chi connectivity index (χ2n) is 13.2. The Kier molecular flexibility index (Phi) is 4.43. The molecule has 2 saturated heterocycles. The first-order chi connectivity index (χ1) is 19.3. The molecule has 0 amide bonds. The number of rotatable bonds is 2. The number of aliphatic hydroxyl groups excluding tert-OH is 2. The van der Waals surface area contributed by atoms with Crippen molar-refractivity contribution in [3.05, 3.63) is 71.8 Å². The molecule has 4 N–H and O–H groups in total. The second kappa shape index (κ2) is 7.62. The van der Waals surface area contributed by atoms with Crippen molar-refractivity contribution in [3.63, 3.8) is 0 Å². The van der Waals surface area contributed by atoms with Gasteiger partial charge in [0.05, 0.1) is 12.2 Å². The van der Waals surface area contributed by atoms with Gasteiger partial charge in [-0.1, -0.05) is 36.4 Å². The summed E-state index contributed by atoms with van der Waals surface area (Å²) in [5.41, 5.74) is 6.64. The molecule has 6 heteroatoms. The smallest absolute Gasteiger partial charge is 0.107 e. The van der Waals surface area contributed by atoms with E-state index < -0.39 is 12.2 Å². The summed E-state index contributed by atoms with van der Waals surface area (Å²) in [5, 5.41) is 35.8. The summed E-state index contributed by atoms with van der Waals surface area (Å²) < 4.78 is 0. The molecule has 0 spiro atoms. The van der Waals surface area contributed by atoms with Crippen LogP contribution in [0.25, 0.3) is 21.5 Å². The third kappa shape index (κ3) is 2.86. The van der Waals surface area contributed by atoms with Crippen molar-refractivity contribution in [1.29, 1.82) is 0 Å². The molecule has 40 heavy (non-hydrogen) atoms. The molecule has 3 fully saturated rings. The zero-order chi connectivity index (χ0) is 27.0. The van der Waals surface area contributed by atoms with Crippen LogP contribution >= 0.6 is 0 Å². The van der Waals surface area contributed by atoms with Crippen LogP contribution in [0.5, 0.6) is 0 Å². The molecule has 0 radical (unpaired) electrons. The molecule has 204 valence electrons. The summed E-state index contributed by atoms with van der Waals surface area (Å²) in [6.07, 6.45) is 3.23. The summed E-state index contributed by atoms with van der Waals surface area (Å²) in [4.78, 5) is 5.00. The number of nitrogens with zero attached hydrogens (tertiary/aromatic N) is 2. The van der Waals surface area contributed by atoms with E-state index in [-0.39, 0.29) is 23.2 Å². The number of fused-ring (bicyclic) bond motifs is 4. The summed E-state index contributed by atoms with van der Waals surface area (Å²) in [6.45, 7) is 6.70. The van der Waals surface area contributed by atoms with Gasteiger partial charge in [0.2, 0.25) is 0 Å². The molecule has 1 aliphatic carbocycles. The fourth-order valence-electron chi connectivity index (χ4n) is 8.93. The van der Waals surface area contributed by atoms with E-state index in [1.165, 1.54) is 35.0 Å². The largest absolute Gasteiger partial charge is 0.392 e. The Balaban J connectivity index is 1.10. The van der Waals surface area contributed by atoms with Gasteiger partial charge in [0.25, 0.3) is 0 Å². The van der Waals surface area contributed by atoms with Crippen molar-refractivity contribution in [2.45, 2.75) is 74.9 Å². The first-order valence-electron chi connectivity index (χ1n) is 15.0. The number of aliphatic hydroxyl groups is 2. The summed E-state index contributed by atoms with van der Waals surface area (Å²) in [6, 6.07) is 21.8. The van der Waals surface area contributed by atoms with Gasteiger partial charge in [0.15, 0.2) is 0 Å². The third-order valence-corrected chi connectivity index (χ3v) is 10.9. The van der Waals surface area contributed by atoms with Gasteiger partial charge in [0.1, 0.15) is 11.3 Å². The minimum atomic E-state index is -0.653. The number of nitrogens with one attached hydrogen (secondary N) is 2. The molecule has 5 aliphatic rings. The van der Waals surface area contributed by atoms with E-state index in [9.17, 15) is 10.2 Å². The normalized spacial score (nSPS) is 33.4. The second-order valence-corrected chi connectivity index (χ2v) is 13.2. The number of hydrogen-bond donors (Lipinski definition) is 4. The Morgan fingerprint density at radius 2 is 1.12 bits per heavy atom. The van der Waals surface area contributed by atoms with Crippen molar-refractivity contribution < 1.29 is 10.2 Å². The van der Waals surface area contributed by atoms with Gasteiger partial charge in [-0.2, -0.15) is 0 Å². The topological polar surface area (TPSA) is 71.0 Å². The Morgan fingerprint density at radius 3 is 1.57 bits per heavy atom. The van der Waals surface area contributed by atoms with Crippen LogP contribution in [0.2, 0.25) is 0 Å². The summed E-state index contributed by atoms with van der Waals surface area (Å²) in [5.74, 6) is -0.639. The lowest BCUT2D eigenvalue weighted by atomic mass is 9.63. The van der Waals surface area contributed by atoms with Crippen LogP contribution < -0.4 is 20.4 Å². The molecular formula is C34H36N4O2. The molecule has 4 aliphatic heterocycles. The fourth-order valence-corrected chi connectivity index (χ4v) is 8.93. The van der Waals surface area contributed by atoms with Crippen molar-refractivity contribution in [2.24, 2.45) is 0 Å². The quantitative estimate of drug-likeness (QED) is 0.251. The van der Waals surface area contributed by atoms with Gasteiger partial charge in [-0.05, 0) is 85.7 Å². The predicted octanol–water partition coefficient (Wildman–Crippen LogP) is 6.08. The fraction of sp³-hybridized carbons (Fsp3) is 0.412. The van der Waals surface area contributed by atoms with Crippen LogP contribution in [0.3, 0.4) is 0 Å². The van der Waals surface area contributed by atoms with Crippen LogP contribution in [-0.2, 0) is 0 Å². The van der Waals surface area contributed by atoms with Crippen LogP contribution in [-0.4, -0.2) is 46.8 Å². The van der Waals surface area contributed by atoms with E-state index in [1.54, 1.807) is 0 Å². The Hall–Kier alpha value is -3.48. The number of hydrogen-bond acceptors (Lipinski definition) is 6. The standard InChI is InChI=1S/C34H36N4O2/c1-33-11-5-13-37(33)25-9-3-7-19-15-21(17-23(35-33)27(19)25)29-31(39)30(32(29)40)22-16-20-8-4-10-26-28(20)24(18-22)36-34(2)12-6-14-38(26)34/h3-4,7-10,15-18,29-32,35-36,39-40H,5-6,11-14H2,1-2H3.